The first kappa shape index (κ1) is 23.7. The zero-order valence-electron chi connectivity index (χ0n) is 16.7. The van der Waals surface area contributed by atoms with Gasteiger partial charge in [-0.3, -0.25) is 4.79 Å². The molecule has 0 saturated carbocycles. The molecule has 3 aromatic rings. The molecule has 0 spiro atoms. The third-order valence-electron chi connectivity index (χ3n) is 4.71. The topological polar surface area (TPSA) is 76.1 Å². The molecule has 0 aliphatic carbocycles. The van der Waals surface area contributed by atoms with Crippen LogP contribution < -0.4 is 5.32 Å². The molecule has 0 saturated heterocycles. The number of halogens is 4. The largest absolute Gasteiger partial charge is 0.471 e. The summed E-state index contributed by atoms with van der Waals surface area (Å²) in [5.41, 5.74) is 1.63. The van der Waals surface area contributed by atoms with Crippen LogP contribution in [0.2, 0.25) is 5.02 Å². The predicted molar refractivity (Wildman–Crippen MR) is 113 cm³/mol. The monoisotopic (exact) mass is 482 g/mol. The number of carbonyl (C=O) groups is 1. The lowest BCUT2D eigenvalue weighted by Gasteiger charge is -2.16. The van der Waals surface area contributed by atoms with E-state index in [0.29, 0.717) is 16.7 Å². The number of rotatable bonds is 6. The van der Waals surface area contributed by atoms with E-state index in [1.807, 2.05) is 5.32 Å². The molecular weight excluding hydrogens is 465 g/mol. The number of alkyl halides is 3. The second kappa shape index (κ2) is 9.30. The Hall–Kier alpha value is -2.91. The van der Waals surface area contributed by atoms with Crippen molar-refractivity contribution in [1.82, 2.24) is 10.3 Å². The molecule has 1 N–H and O–H groups in total. The quantitative estimate of drug-likeness (QED) is 0.542. The summed E-state index contributed by atoms with van der Waals surface area (Å²) in [5.74, 6) is -2.01. The van der Waals surface area contributed by atoms with E-state index in [2.05, 4.69) is 4.98 Å². The highest BCUT2D eigenvalue weighted by Crippen LogP contribution is 2.29. The SMILES string of the molecule is C[C@H](NC(=O)C(F)(F)F)c1ccc(Cc2cccnc2S(=O)(=O)c2ccccc2Cl)cc1. The Kier molecular flexibility index (Phi) is 6.90. The first-order valence-corrected chi connectivity index (χ1v) is 11.3. The summed E-state index contributed by atoms with van der Waals surface area (Å²) in [4.78, 5) is 15.1. The number of sulfone groups is 1. The van der Waals surface area contributed by atoms with Crippen molar-refractivity contribution in [2.75, 3.05) is 0 Å². The lowest BCUT2D eigenvalue weighted by Crippen LogP contribution is -2.38. The van der Waals surface area contributed by atoms with Crippen molar-refractivity contribution in [1.29, 1.82) is 0 Å². The number of aromatic nitrogens is 1. The van der Waals surface area contributed by atoms with Gasteiger partial charge in [-0.1, -0.05) is 54.1 Å². The van der Waals surface area contributed by atoms with Crippen LogP contribution in [0.3, 0.4) is 0 Å². The number of benzene rings is 2. The fraction of sp³-hybridized carbons (Fsp3) is 0.182. The van der Waals surface area contributed by atoms with Gasteiger partial charge < -0.3 is 5.32 Å². The van der Waals surface area contributed by atoms with E-state index in [9.17, 15) is 26.4 Å². The van der Waals surface area contributed by atoms with Gasteiger partial charge in [0.25, 0.3) is 0 Å². The maximum absolute atomic E-state index is 13.1. The lowest BCUT2D eigenvalue weighted by molar-refractivity contribution is -0.174. The predicted octanol–water partition coefficient (Wildman–Crippen LogP) is 4.90. The van der Waals surface area contributed by atoms with Crippen LogP contribution >= 0.6 is 11.6 Å². The van der Waals surface area contributed by atoms with Gasteiger partial charge in [0.1, 0.15) is 0 Å². The van der Waals surface area contributed by atoms with Gasteiger partial charge in [-0.25, -0.2) is 13.4 Å². The zero-order valence-corrected chi connectivity index (χ0v) is 18.3. The highest BCUT2D eigenvalue weighted by Gasteiger charge is 2.39. The van der Waals surface area contributed by atoms with E-state index >= 15 is 0 Å². The molecular formula is C22H18ClF3N2O3S. The Morgan fingerprint density at radius 3 is 2.34 bits per heavy atom. The van der Waals surface area contributed by atoms with Crippen molar-refractivity contribution < 1.29 is 26.4 Å². The van der Waals surface area contributed by atoms with Crippen LogP contribution in [0.5, 0.6) is 0 Å². The highest BCUT2D eigenvalue weighted by atomic mass is 35.5. The summed E-state index contributed by atoms with van der Waals surface area (Å²) >= 11 is 6.08. The van der Waals surface area contributed by atoms with Crippen LogP contribution in [-0.2, 0) is 21.1 Å². The van der Waals surface area contributed by atoms with Crippen LogP contribution in [0.4, 0.5) is 13.2 Å². The van der Waals surface area contributed by atoms with Gasteiger partial charge in [0.15, 0.2) is 5.03 Å². The molecule has 0 unspecified atom stereocenters. The molecule has 1 heterocycles. The lowest BCUT2D eigenvalue weighted by atomic mass is 10.0. The second-order valence-electron chi connectivity index (χ2n) is 7.01. The van der Waals surface area contributed by atoms with E-state index in [4.69, 9.17) is 11.6 Å². The van der Waals surface area contributed by atoms with E-state index in [1.54, 1.807) is 48.5 Å². The van der Waals surface area contributed by atoms with Gasteiger partial charge in [-0.15, -0.1) is 0 Å². The number of hydrogen-bond donors (Lipinski definition) is 1. The molecule has 2 aromatic carbocycles. The molecule has 0 fully saturated rings. The summed E-state index contributed by atoms with van der Waals surface area (Å²) in [5, 5.41) is 1.86. The van der Waals surface area contributed by atoms with Crippen LogP contribution in [0.25, 0.3) is 0 Å². The molecule has 168 valence electrons. The molecule has 5 nitrogen and oxygen atoms in total. The molecule has 32 heavy (non-hydrogen) atoms. The number of nitrogens with one attached hydrogen (secondary N) is 1. The highest BCUT2D eigenvalue weighted by molar-refractivity contribution is 7.91. The second-order valence-corrected chi connectivity index (χ2v) is 9.25. The van der Waals surface area contributed by atoms with Gasteiger partial charge in [-0.05, 0) is 41.8 Å². The van der Waals surface area contributed by atoms with E-state index in [1.165, 1.54) is 25.3 Å². The zero-order chi connectivity index (χ0) is 23.5. The number of amides is 1. The minimum Gasteiger partial charge on any atom is -0.342 e. The van der Waals surface area contributed by atoms with Crippen LogP contribution in [0, 0.1) is 0 Å². The molecule has 0 aliphatic rings. The van der Waals surface area contributed by atoms with Gasteiger partial charge in [-0.2, -0.15) is 13.2 Å². The van der Waals surface area contributed by atoms with Crippen molar-refractivity contribution in [2.45, 2.75) is 35.5 Å². The minimum atomic E-state index is -4.96. The summed E-state index contributed by atoms with van der Waals surface area (Å²) in [6.07, 6.45) is -3.37. The third-order valence-corrected chi connectivity index (χ3v) is 6.96. The van der Waals surface area contributed by atoms with Gasteiger partial charge >= 0.3 is 12.1 Å². The molecule has 1 amide bonds. The summed E-state index contributed by atoms with van der Waals surface area (Å²) in [6.45, 7) is 1.44. The van der Waals surface area contributed by atoms with Gasteiger partial charge in [0, 0.05) is 12.6 Å². The van der Waals surface area contributed by atoms with Crippen LogP contribution in [0.1, 0.15) is 29.7 Å². The van der Waals surface area contributed by atoms with E-state index < -0.39 is 28.0 Å². The van der Waals surface area contributed by atoms with Crippen molar-refractivity contribution in [3.05, 3.63) is 88.6 Å². The first-order valence-electron chi connectivity index (χ1n) is 9.40. The maximum atomic E-state index is 13.1. The average Bonchev–Trinajstić information content (AvgIpc) is 2.74. The molecule has 0 bridgehead atoms. The smallest absolute Gasteiger partial charge is 0.342 e. The minimum absolute atomic E-state index is 0.0498. The van der Waals surface area contributed by atoms with Crippen molar-refractivity contribution in [3.8, 4) is 0 Å². The molecule has 10 heteroatoms. The Morgan fingerprint density at radius 2 is 1.72 bits per heavy atom. The number of pyridine rings is 1. The molecule has 1 atom stereocenters. The molecule has 1 aromatic heterocycles. The summed E-state index contributed by atoms with van der Waals surface area (Å²) in [6, 6.07) is 14.9. The average molecular weight is 483 g/mol. The van der Waals surface area contributed by atoms with Crippen molar-refractivity contribution in [3.63, 3.8) is 0 Å². The van der Waals surface area contributed by atoms with Crippen molar-refractivity contribution >= 4 is 27.3 Å². The molecule has 0 radical (unpaired) electrons. The Bertz CT molecular complexity index is 1230. The van der Waals surface area contributed by atoms with Crippen LogP contribution in [0.15, 0.2) is 76.8 Å². The molecule has 0 aliphatic heterocycles. The van der Waals surface area contributed by atoms with Gasteiger partial charge in [0.2, 0.25) is 9.84 Å². The standard InChI is InChI=1S/C22H18ClF3N2O3S/c1-14(28-21(29)22(24,25)26)16-10-8-15(9-11-16)13-17-5-4-12-27-20(17)32(30,31)19-7-3-2-6-18(19)23/h2-12,14H,13H2,1H3,(H,28,29)/t14-/m0/s1. The number of hydrogen-bond acceptors (Lipinski definition) is 4. The number of nitrogens with zero attached hydrogens (tertiary/aromatic N) is 1. The first-order chi connectivity index (χ1) is 15.0. The van der Waals surface area contributed by atoms with Crippen LogP contribution in [-0.4, -0.2) is 25.5 Å². The molecule has 3 rings (SSSR count). The Morgan fingerprint density at radius 1 is 1.06 bits per heavy atom. The Balaban J connectivity index is 1.84. The summed E-state index contributed by atoms with van der Waals surface area (Å²) in [7, 11) is -3.97. The fourth-order valence-electron chi connectivity index (χ4n) is 3.07. The fourth-order valence-corrected chi connectivity index (χ4v) is 4.99. The van der Waals surface area contributed by atoms with E-state index in [0.717, 1.165) is 0 Å². The summed E-state index contributed by atoms with van der Waals surface area (Å²) < 4.78 is 63.5. The Labute approximate surface area is 188 Å². The normalized spacial score (nSPS) is 12.9. The third kappa shape index (κ3) is 5.28. The number of carbonyl (C=O) groups excluding carboxylic acids is 1. The van der Waals surface area contributed by atoms with Gasteiger partial charge in [0.05, 0.1) is 16.0 Å². The maximum Gasteiger partial charge on any atom is 0.471 e. The van der Waals surface area contributed by atoms with Crippen molar-refractivity contribution in [2.24, 2.45) is 0 Å². The van der Waals surface area contributed by atoms with E-state index in [-0.39, 0.29) is 21.4 Å².